The molecule has 1 aromatic rings. The quantitative estimate of drug-likeness (QED) is 0.0207. The van der Waals surface area contributed by atoms with E-state index in [4.69, 9.17) is 28.4 Å². The summed E-state index contributed by atoms with van der Waals surface area (Å²) in [6, 6.07) is -1.25. The molecule has 1 aromatic carbocycles. The van der Waals surface area contributed by atoms with Crippen molar-refractivity contribution < 1.29 is 86.9 Å². The average molecular weight is 1410 g/mol. The number of nitrogens with one attached hydrogen (secondary N) is 2. The van der Waals surface area contributed by atoms with Crippen LogP contribution in [0.5, 0.6) is 0 Å². The number of hydrogen-bond acceptors (Lipinski definition) is 18. The lowest BCUT2D eigenvalue weighted by Crippen LogP contribution is -2.61. The van der Waals surface area contributed by atoms with Crippen molar-refractivity contribution in [2.75, 3.05) is 38.0 Å². The van der Waals surface area contributed by atoms with Gasteiger partial charge in [-0.15, -0.1) is 0 Å². The van der Waals surface area contributed by atoms with Gasteiger partial charge < -0.3 is 59.3 Å². The molecule has 2 bridgehead atoms. The number of methoxy groups -OCH3 is 2. The Bertz CT molecular complexity index is 3000. The predicted molar refractivity (Wildman–Crippen MR) is 359 cm³/mol. The van der Waals surface area contributed by atoms with Gasteiger partial charge >= 0.3 is 17.9 Å². The van der Waals surface area contributed by atoms with Crippen LogP contribution in [0.2, 0.25) is 0 Å². The van der Waals surface area contributed by atoms with E-state index >= 15 is 0 Å². The Balaban J connectivity index is 1.33. The van der Waals surface area contributed by atoms with E-state index in [9.17, 15) is 58.5 Å². The molecule has 516 valence electrons. The fraction of sp³-hybridized carbons (Fsp3) is 0.648. The van der Waals surface area contributed by atoms with Crippen molar-refractivity contribution in [2.24, 2.45) is 35.0 Å². The van der Waals surface area contributed by atoms with Gasteiger partial charge in [0.1, 0.15) is 36.2 Å². The fourth-order valence-electron chi connectivity index (χ4n) is 12.9. The third-order valence-electron chi connectivity index (χ3n) is 18.9. The van der Waals surface area contributed by atoms with Crippen molar-refractivity contribution >= 4 is 86.9 Å². The first kappa shape index (κ1) is 77.9. The highest BCUT2D eigenvalue weighted by atomic mass is 127. The number of allylic oxidation sites excluding steroid dienone is 6. The number of esters is 3. The third-order valence-corrected chi connectivity index (χ3v) is 19.9. The minimum atomic E-state index is -2.55. The van der Waals surface area contributed by atoms with Crippen molar-refractivity contribution in [2.45, 2.75) is 234 Å². The number of ketones is 3. The molecule has 93 heavy (non-hydrogen) atoms. The van der Waals surface area contributed by atoms with Crippen LogP contribution in [0.1, 0.15) is 187 Å². The molecule has 14 atom stereocenters. The zero-order valence-corrected chi connectivity index (χ0v) is 59.1. The van der Waals surface area contributed by atoms with Crippen molar-refractivity contribution in [3.63, 3.8) is 0 Å². The summed E-state index contributed by atoms with van der Waals surface area (Å²) in [6.07, 6.45) is 8.80. The number of Topliss-reactive ketones (excluding diaryl/α,β-unsaturated/α-hetero) is 3. The Morgan fingerprint density at radius 1 is 0.839 bits per heavy atom. The number of hydrogen-bond donors (Lipinski definition) is 5. The summed E-state index contributed by atoms with van der Waals surface area (Å²) in [5, 5.41) is 40.3. The third kappa shape index (κ3) is 20.9. The van der Waals surface area contributed by atoms with Crippen LogP contribution in [0.15, 0.2) is 59.8 Å². The number of cyclic esters (lactones) is 1. The monoisotopic (exact) mass is 1410 g/mol. The Morgan fingerprint density at radius 2 is 1.52 bits per heavy atom. The number of benzene rings is 1. The second-order valence-electron chi connectivity index (χ2n) is 26.9. The van der Waals surface area contributed by atoms with Crippen LogP contribution in [0, 0.1) is 52.4 Å². The molecule has 0 aromatic heterocycles. The van der Waals surface area contributed by atoms with Crippen LogP contribution in [0.4, 0.5) is 11.4 Å². The maximum Gasteiger partial charge on any atom is 0.339 e. The predicted octanol–water partition coefficient (Wildman–Crippen LogP) is 10.2. The van der Waals surface area contributed by atoms with E-state index in [2.05, 4.69) is 17.2 Å². The van der Waals surface area contributed by atoms with Gasteiger partial charge in [-0.05, 0) is 193 Å². The largest absolute Gasteiger partial charge is 0.462 e. The number of nitrogens with zero attached hydrogens (tertiary/aromatic N) is 1. The first-order chi connectivity index (χ1) is 43.7. The van der Waals surface area contributed by atoms with Crippen LogP contribution >= 0.6 is 22.6 Å². The molecule has 0 unspecified atom stereocenters. The molecule has 1 saturated carbocycles. The summed E-state index contributed by atoms with van der Waals surface area (Å²) in [5.41, 5.74) is 2.29. The standard InChI is InChI=1S/C71H102IN3O18/c1-39-23-17-16-18-24-40(2)53(78)37-51-28-26-45(7)71(87,93-51)65(82)66(83)75-31-21-19-25-52(75)67(84)91-56(38-54(79)41(3)34-44(6)63(81)64(89-15)62(80)43(5)33-39)42(4)35-50-27-29-55(57(36-50)88-14)92-69(86)70(12,13)30-20-22-32-90-68(85)58-46(8)60(73-48(10)76)47(9)61(59(58)72)74-49(11)77/h16-18,23-24,34,39,41-42,45,50-53,55-57,63-64,78,81,87H,5,19-22,25-33,35-38H2,1-4,6-15H3,(H,73,76)(H,74,77)/b18-16+,23-17+,40-24+,44-34+/t39-,41-,42-,45-,50+,51+,52+,53+,55-,56+,57-,63-,64+,71-/m1/s1. The number of piperidine rings is 1. The van der Waals surface area contributed by atoms with Gasteiger partial charge in [0.15, 0.2) is 5.78 Å². The van der Waals surface area contributed by atoms with Gasteiger partial charge in [-0.25, -0.2) is 9.59 Å². The molecule has 3 amide bonds. The normalized spacial score (nSPS) is 30.9. The summed E-state index contributed by atoms with van der Waals surface area (Å²) in [7, 11) is 2.86. The van der Waals surface area contributed by atoms with Gasteiger partial charge in [-0.3, -0.25) is 33.6 Å². The molecule has 2 saturated heterocycles. The summed E-state index contributed by atoms with van der Waals surface area (Å²) in [4.78, 5) is 125. The van der Waals surface area contributed by atoms with Crippen LogP contribution < -0.4 is 10.6 Å². The number of carbonyl (C=O) groups excluding carboxylic acids is 9. The van der Waals surface area contributed by atoms with Gasteiger partial charge in [-0.2, -0.15) is 0 Å². The van der Waals surface area contributed by atoms with Gasteiger partial charge in [0.25, 0.3) is 11.7 Å². The topological polar surface area (TPSA) is 297 Å². The molecule has 3 aliphatic heterocycles. The van der Waals surface area contributed by atoms with E-state index in [1.807, 2.05) is 42.5 Å². The average Bonchev–Trinajstić information content (AvgIpc) is 0.790. The number of aliphatic hydroxyl groups excluding tert-OH is 2. The van der Waals surface area contributed by atoms with Crippen molar-refractivity contribution in [3.05, 3.63) is 80.0 Å². The smallest absolute Gasteiger partial charge is 0.339 e. The second kappa shape index (κ2) is 35.3. The van der Waals surface area contributed by atoms with E-state index in [1.165, 1.54) is 21.0 Å². The first-order valence-corrected chi connectivity index (χ1v) is 33.8. The van der Waals surface area contributed by atoms with Crippen molar-refractivity contribution in [1.29, 1.82) is 0 Å². The number of amides is 3. The molecule has 1 aliphatic carbocycles. The number of aliphatic hydroxyl groups is 3. The summed E-state index contributed by atoms with van der Waals surface area (Å²) >= 11 is 1.99. The zero-order valence-electron chi connectivity index (χ0n) is 57.0. The lowest BCUT2D eigenvalue weighted by molar-refractivity contribution is -0.265. The van der Waals surface area contributed by atoms with Crippen LogP contribution in [-0.4, -0.2) is 155 Å². The van der Waals surface area contributed by atoms with E-state index in [0.717, 1.165) is 4.90 Å². The van der Waals surface area contributed by atoms with Gasteiger partial charge in [0, 0.05) is 65.0 Å². The minimum absolute atomic E-state index is 0.00707. The molecule has 21 nitrogen and oxygen atoms in total. The lowest BCUT2D eigenvalue weighted by atomic mass is 9.78. The highest BCUT2D eigenvalue weighted by Crippen LogP contribution is 2.40. The van der Waals surface area contributed by atoms with E-state index in [0.29, 0.717) is 108 Å². The Morgan fingerprint density at radius 3 is 2.17 bits per heavy atom. The number of fused-ring (bicyclic) bond motifs is 3. The first-order valence-electron chi connectivity index (χ1n) is 32.8. The number of unbranched alkanes of at least 4 members (excludes halogenated alkanes) is 1. The molecule has 0 spiro atoms. The minimum Gasteiger partial charge on any atom is -0.462 e. The molecular weight excluding hydrogens is 1310 g/mol. The van der Waals surface area contributed by atoms with Gasteiger partial charge in [-0.1, -0.05) is 70.7 Å². The molecule has 0 radical (unpaired) electrons. The van der Waals surface area contributed by atoms with E-state index < -0.39 is 113 Å². The van der Waals surface area contributed by atoms with Crippen LogP contribution in [0.3, 0.4) is 0 Å². The Labute approximate surface area is 562 Å². The van der Waals surface area contributed by atoms with E-state index in [-0.39, 0.29) is 79.4 Å². The fourth-order valence-corrected chi connectivity index (χ4v) is 14.1. The molecule has 5 N–H and O–H groups in total. The summed E-state index contributed by atoms with van der Waals surface area (Å²) in [6.45, 7) is 24.1. The maximum atomic E-state index is 14.7. The molecular formula is C71H102IN3O18. The van der Waals surface area contributed by atoms with Crippen molar-refractivity contribution in [3.8, 4) is 0 Å². The van der Waals surface area contributed by atoms with Crippen LogP contribution in [0.25, 0.3) is 0 Å². The van der Waals surface area contributed by atoms with Crippen molar-refractivity contribution in [1.82, 2.24) is 4.90 Å². The number of ether oxygens (including phenoxy) is 6. The highest BCUT2D eigenvalue weighted by Gasteiger charge is 2.53. The van der Waals surface area contributed by atoms with Gasteiger partial charge in [0.2, 0.25) is 17.6 Å². The molecule has 3 fully saturated rings. The maximum absolute atomic E-state index is 14.7. The summed E-state index contributed by atoms with van der Waals surface area (Å²) < 4.78 is 36.4. The zero-order chi connectivity index (χ0) is 69.4. The van der Waals surface area contributed by atoms with E-state index in [1.54, 1.807) is 92.9 Å². The number of anilines is 2. The Kier molecular flexibility index (Phi) is 29.6. The molecule has 5 rings (SSSR count). The SMILES string of the molecule is C=C1C[C@H](C)/C=C/C=C/C=C(\C)[C@@H](O)C[C@@H]2CC[C@@H](C)[C@@](O)(O2)C(=O)C(=O)N2CCCC[C@H]2C(=O)O[C@H]([C@H](C)C[C@@H]2CC[C@@H](OC(=O)C(C)(C)CCCCOC(=O)c3c(C)c(NC(C)=O)c(C)c(NC(C)=O)c3I)[C@H](OC)C2)CC(=O)[C@H](C)/C=C(\C)[C@@H](O)[C@@H](OC)C1=O. The summed E-state index contributed by atoms with van der Waals surface area (Å²) in [5.74, 6) is -10.7. The number of halogens is 1. The van der Waals surface area contributed by atoms with Gasteiger partial charge in [0.05, 0.1) is 45.2 Å². The number of rotatable bonds is 15. The van der Waals surface area contributed by atoms with Crippen LogP contribution in [-0.2, 0) is 66.8 Å². The Hall–Kier alpha value is -5.76. The number of carbonyl (C=O) groups is 9. The second-order valence-corrected chi connectivity index (χ2v) is 28.0. The lowest BCUT2D eigenvalue weighted by Gasteiger charge is -2.42. The molecule has 3 heterocycles. The highest BCUT2D eigenvalue weighted by molar-refractivity contribution is 14.1. The molecule has 4 aliphatic rings. The molecule has 22 heteroatoms.